The number of benzene rings is 1. The van der Waals surface area contributed by atoms with Gasteiger partial charge in [0.1, 0.15) is 17.7 Å². The molecule has 0 saturated carbocycles. The molecule has 1 aliphatic rings. The van der Waals surface area contributed by atoms with E-state index < -0.39 is 0 Å². The van der Waals surface area contributed by atoms with Gasteiger partial charge in [0, 0.05) is 26.0 Å². The first kappa shape index (κ1) is 15.6. The van der Waals surface area contributed by atoms with Crippen LogP contribution < -0.4 is 10.1 Å². The lowest BCUT2D eigenvalue weighted by Crippen LogP contribution is -2.38. The van der Waals surface area contributed by atoms with Gasteiger partial charge in [-0.3, -0.25) is 4.79 Å². The summed E-state index contributed by atoms with van der Waals surface area (Å²) >= 11 is 0. The van der Waals surface area contributed by atoms with Gasteiger partial charge in [0.05, 0.1) is 19.1 Å². The number of rotatable bonds is 6. The van der Waals surface area contributed by atoms with Gasteiger partial charge in [-0.25, -0.2) is 4.98 Å². The molecule has 6 heteroatoms. The van der Waals surface area contributed by atoms with E-state index in [1.807, 2.05) is 48.1 Å². The number of amides is 1. The van der Waals surface area contributed by atoms with Gasteiger partial charge in [-0.05, 0) is 18.6 Å². The number of aryl methyl sites for hydroxylation is 1. The van der Waals surface area contributed by atoms with Crippen LogP contribution in [0.5, 0.6) is 5.75 Å². The molecule has 2 atom stereocenters. The van der Waals surface area contributed by atoms with Crippen molar-refractivity contribution in [2.75, 3.05) is 13.2 Å². The first-order chi connectivity index (χ1) is 11.2. The molecule has 0 spiro atoms. The molecule has 3 rings (SSSR count). The minimum absolute atomic E-state index is 0.0318. The summed E-state index contributed by atoms with van der Waals surface area (Å²) in [6, 6.07) is 9.45. The minimum Gasteiger partial charge on any atom is -0.493 e. The normalized spacial score (nSPS) is 20.4. The van der Waals surface area contributed by atoms with E-state index in [2.05, 4.69) is 10.3 Å². The molecule has 2 heterocycles. The molecule has 1 fully saturated rings. The lowest BCUT2D eigenvalue weighted by atomic mass is 10.1. The first-order valence-corrected chi connectivity index (χ1v) is 7.80. The Morgan fingerprint density at radius 3 is 3.00 bits per heavy atom. The van der Waals surface area contributed by atoms with E-state index >= 15 is 0 Å². The number of aromatic nitrogens is 2. The van der Waals surface area contributed by atoms with Gasteiger partial charge in [0.15, 0.2) is 0 Å². The number of carbonyl (C=O) groups excluding carboxylic acids is 1. The number of nitrogens with one attached hydrogen (secondary N) is 1. The molecule has 0 aliphatic carbocycles. The van der Waals surface area contributed by atoms with Crippen LogP contribution in [0.1, 0.15) is 24.8 Å². The maximum absolute atomic E-state index is 12.1. The van der Waals surface area contributed by atoms with Crippen molar-refractivity contribution in [3.8, 4) is 5.75 Å². The molecule has 1 saturated heterocycles. The fourth-order valence-electron chi connectivity index (χ4n) is 2.70. The van der Waals surface area contributed by atoms with Crippen molar-refractivity contribution < 1.29 is 14.3 Å². The van der Waals surface area contributed by atoms with E-state index in [9.17, 15) is 4.79 Å². The van der Waals surface area contributed by atoms with Crippen LogP contribution in [0.15, 0.2) is 42.7 Å². The van der Waals surface area contributed by atoms with Crippen LogP contribution >= 0.6 is 0 Å². The molecule has 1 amide bonds. The predicted molar refractivity (Wildman–Crippen MR) is 85.0 cm³/mol. The van der Waals surface area contributed by atoms with Crippen LogP contribution in [0.3, 0.4) is 0 Å². The molecule has 1 aromatic carbocycles. The monoisotopic (exact) mass is 315 g/mol. The molecule has 0 radical (unpaired) electrons. The SMILES string of the molecule is Cn1ccnc1[C@H]1OCC[C@@H]1NC(=O)CCOc1ccccc1. The molecule has 2 aromatic rings. The van der Waals surface area contributed by atoms with E-state index in [4.69, 9.17) is 9.47 Å². The summed E-state index contributed by atoms with van der Waals surface area (Å²) < 4.78 is 13.2. The van der Waals surface area contributed by atoms with E-state index in [-0.39, 0.29) is 18.1 Å². The van der Waals surface area contributed by atoms with Crippen molar-refractivity contribution in [1.82, 2.24) is 14.9 Å². The highest BCUT2D eigenvalue weighted by Gasteiger charge is 2.33. The van der Waals surface area contributed by atoms with E-state index in [1.54, 1.807) is 6.20 Å². The predicted octanol–water partition coefficient (Wildman–Crippen LogP) is 1.84. The fraction of sp³-hybridized carbons (Fsp3) is 0.412. The standard InChI is InChI=1S/C17H21N3O3/c1-20-10-9-18-17(20)16-14(7-11-23-16)19-15(21)8-12-22-13-5-3-2-4-6-13/h2-6,9-10,14,16H,7-8,11-12H2,1H3,(H,19,21)/t14-,16-/m0/s1. The Hall–Kier alpha value is -2.34. The third-order valence-corrected chi connectivity index (χ3v) is 3.89. The smallest absolute Gasteiger partial charge is 0.223 e. The van der Waals surface area contributed by atoms with Gasteiger partial charge in [0.2, 0.25) is 5.91 Å². The van der Waals surface area contributed by atoms with Crippen LogP contribution in [-0.2, 0) is 16.6 Å². The Morgan fingerprint density at radius 2 is 2.26 bits per heavy atom. The second-order valence-electron chi connectivity index (χ2n) is 5.56. The average molecular weight is 315 g/mol. The molecular formula is C17H21N3O3. The average Bonchev–Trinajstić information content (AvgIpc) is 3.17. The third kappa shape index (κ3) is 3.90. The van der Waals surface area contributed by atoms with Gasteiger partial charge in [-0.2, -0.15) is 0 Å². The van der Waals surface area contributed by atoms with E-state index in [1.165, 1.54) is 0 Å². The molecule has 23 heavy (non-hydrogen) atoms. The van der Waals surface area contributed by atoms with Gasteiger partial charge in [0.25, 0.3) is 0 Å². The molecule has 1 N–H and O–H groups in total. The molecule has 1 aliphatic heterocycles. The summed E-state index contributed by atoms with van der Waals surface area (Å²) in [5, 5.41) is 3.03. The largest absolute Gasteiger partial charge is 0.493 e. The zero-order valence-corrected chi connectivity index (χ0v) is 13.1. The highest BCUT2D eigenvalue weighted by molar-refractivity contribution is 5.76. The summed E-state index contributed by atoms with van der Waals surface area (Å²) in [6.45, 7) is 0.986. The zero-order chi connectivity index (χ0) is 16.1. The molecule has 0 bridgehead atoms. The van der Waals surface area contributed by atoms with Crippen LogP contribution in [0, 0.1) is 0 Å². The molecular weight excluding hydrogens is 294 g/mol. The first-order valence-electron chi connectivity index (χ1n) is 7.80. The van der Waals surface area contributed by atoms with Crippen molar-refractivity contribution >= 4 is 5.91 Å². The minimum atomic E-state index is -0.186. The summed E-state index contributed by atoms with van der Waals surface area (Å²) in [5.74, 6) is 1.58. The Balaban J connectivity index is 1.48. The van der Waals surface area contributed by atoms with Gasteiger partial charge in [-0.15, -0.1) is 0 Å². The summed E-state index contributed by atoms with van der Waals surface area (Å²) in [4.78, 5) is 16.4. The highest BCUT2D eigenvalue weighted by Crippen LogP contribution is 2.27. The maximum Gasteiger partial charge on any atom is 0.223 e. The fourth-order valence-corrected chi connectivity index (χ4v) is 2.70. The number of nitrogens with zero attached hydrogens (tertiary/aromatic N) is 2. The molecule has 122 valence electrons. The lowest BCUT2D eigenvalue weighted by Gasteiger charge is -2.19. The number of para-hydroxylation sites is 1. The summed E-state index contributed by atoms with van der Waals surface area (Å²) in [7, 11) is 1.93. The van der Waals surface area contributed by atoms with Gasteiger partial charge >= 0.3 is 0 Å². The summed E-state index contributed by atoms with van der Waals surface area (Å²) in [5.41, 5.74) is 0. The molecule has 1 aromatic heterocycles. The quantitative estimate of drug-likeness (QED) is 0.883. The number of hydrogen-bond acceptors (Lipinski definition) is 4. The Morgan fingerprint density at radius 1 is 1.43 bits per heavy atom. The second-order valence-corrected chi connectivity index (χ2v) is 5.56. The maximum atomic E-state index is 12.1. The van der Waals surface area contributed by atoms with Crippen LogP contribution in [-0.4, -0.2) is 34.7 Å². The number of imidazole rings is 1. The topological polar surface area (TPSA) is 65.4 Å². The van der Waals surface area contributed by atoms with Crippen molar-refractivity contribution in [3.63, 3.8) is 0 Å². The lowest BCUT2D eigenvalue weighted by molar-refractivity contribution is -0.122. The Kier molecular flexibility index (Phi) is 4.92. The Bertz CT molecular complexity index is 642. The van der Waals surface area contributed by atoms with Crippen LogP contribution in [0.2, 0.25) is 0 Å². The van der Waals surface area contributed by atoms with E-state index in [0.717, 1.165) is 18.0 Å². The highest BCUT2D eigenvalue weighted by atomic mass is 16.5. The van der Waals surface area contributed by atoms with Crippen LogP contribution in [0.25, 0.3) is 0 Å². The number of hydrogen-bond donors (Lipinski definition) is 1. The molecule has 0 unspecified atom stereocenters. The Labute approximate surface area is 135 Å². The third-order valence-electron chi connectivity index (χ3n) is 3.89. The van der Waals surface area contributed by atoms with Crippen molar-refractivity contribution in [3.05, 3.63) is 48.5 Å². The summed E-state index contributed by atoms with van der Waals surface area (Å²) in [6.07, 6.45) is 4.54. The van der Waals surface area contributed by atoms with Crippen molar-refractivity contribution in [1.29, 1.82) is 0 Å². The zero-order valence-electron chi connectivity index (χ0n) is 13.1. The van der Waals surface area contributed by atoms with Crippen molar-refractivity contribution in [2.45, 2.75) is 25.0 Å². The second kappa shape index (κ2) is 7.28. The van der Waals surface area contributed by atoms with Crippen molar-refractivity contribution in [2.24, 2.45) is 7.05 Å². The van der Waals surface area contributed by atoms with Gasteiger partial charge in [-0.1, -0.05) is 18.2 Å². The number of ether oxygens (including phenoxy) is 2. The van der Waals surface area contributed by atoms with Gasteiger partial charge < -0.3 is 19.4 Å². The number of carbonyl (C=O) groups is 1. The van der Waals surface area contributed by atoms with Crippen LogP contribution in [0.4, 0.5) is 0 Å². The molecule has 6 nitrogen and oxygen atoms in total. The van der Waals surface area contributed by atoms with E-state index in [0.29, 0.717) is 19.6 Å².